The number of ether oxygens (including phenoxy) is 1. The molecule has 2 atom stereocenters. The minimum Gasteiger partial charge on any atom is -0.467 e. The van der Waals surface area contributed by atoms with Crippen LogP contribution in [0, 0.1) is 5.41 Å². The number of nitrogens with one attached hydrogen (secondary N) is 3. The molecule has 4 rings (SSSR count). The van der Waals surface area contributed by atoms with E-state index in [0.29, 0.717) is 28.8 Å². The highest BCUT2D eigenvalue weighted by Crippen LogP contribution is 2.19. The van der Waals surface area contributed by atoms with Crippen LogP contribution in [0.25, 0.3) is 11.1 Å². The van der Waals surface area contributed by atoms with Gasteiger partial charge in [-0.1, -0.05) is 41.6 Å². The molecule has 3 aromatic rings. The van der Waals surface area contributed by atoms with Crippen molar-refractivity contribution >= 4 is 40.4 Å². The Morgan fingerprint density at radius 3 is 2.64 bits per heavy atom. The maximum Gasteiger partial charge on any atom is 0.330 e. The number of carbonyl (C=O) groups excluding carboxylic acids is 3. The first-order chi connectivity index (χ1) is 17.3. The number of oxime groups is 1. The zero-order valence-electron chi connectivity index (χ0n) is 19.3. The molecule has 36 heavy (non-hydrogen) atoms. The summed E-state index contributed by atoms with van der Waals surface area (Å²) in [5.41, 5.74) is 8.46. The van der Waals surface area contributed by atoms with Gasteiger partial charge in [-0.3, -0.25) is 15.0 Å². The Bertz CT molecular complexity index is 1300. The number of oxazole rings is 1. The summed E-state index contributed by atoms with van der Waals surface area (Å²) >= 11 is 0. The highest BCUT2D eigenvalue weighted by Gasteiger charge is 2.28. The Balaban J connectivity index is 1.29. The van der Waals surface area contributed by atoms with Crippen LogP contribution in [0.3, 0.4) is 0 Å². The molecule has 2 heterocycles. The van der Waals surface area contributed by atoms with Crippen LogP contribution in [0.5, 0.6) is 0 Å². The van der Waals surface area contributed by atoms with Gasteiger partial charge in [-0.05, 0) is 17.7 Å². The van der Waals surface area contributed by atoms with Gasteiger partial charge in [-0.2, -0.15) is 0 Å². The number of fused-ring (bicyclic) bond motifs is 1. The van der Waals surface area contributed by atoms with Crippen LogP contribution in [0.15, 0.2) is 58.1 Å². The van der Waals surface area contributed by atoms with Gasteiger partial charge in [0.25, 0.3) is 5.89 Å². The monoisotopic (exact) mass is 492 g/mol. The lowest BCUT2D eigenvalue weighted by atomic mass is 10.0. The second-order valence-electron chi connectivity index (χ2n) is 8.00. The van der Waals surface area contributed by atoms with Gasteiger partial charge in [0, 0.05) is 18.5 Å². The van der Waals surface area contributed by atoms with Crippen LogP contribution in [0.1, 0.15) is 34.7 Å². The van der Waals surface area contributed by atoms with Crippen LogP contribution in [0.2, 0.25) is 0 Å². The number of esters is 1. The van der Waals surface area contributed by atoms with Crippen molar-refractivity contribution < 1.29 is 28.4 Å². The topological polar surface area (TPSA) is 182 Å². The lowest BCUT2D eigenvalue weighted by Crippen LogP contribution is -2.49. The SMILES string of the molecule is COC(=O)[C@H](CNC(=O)CC1CC(c2ccc(C(=N)N)cc2)=NO1)NC(=O)c1nc2ccccc2o1. The summed E-state index contributed by atoms with van der Waals surface area (Å²) in [5, 5.41) is 16.6. The maximum atomic E-state index is 12.6. The van der Waals surface area contributed by atoms with E-state index in [-0.39, 0.29) is 24.7 Å². The first-order valence-electron chi connectivity index (χ1n) is 11.0. The zero-order chi connectivity index (χ0) is 25.7. The van der Waals surface area contributed by atoms with E-state index < -0.39 is 29.9 Å². The number of carbonyl (C=O) groups is 3. The van der Waals surface area contributed by atoms with Crippen LogP contribution in [-0.2, 0) is 19.2 Å². The van der Waals surface area contributed by atoms with E-state index in [1.807, 2.05) is 0 Å². The number of hydrogen-bond acceptors (Lipinski definition) is 9. The van der Waals surface area contributed by atoms with Gasteiger partial charge in [0.15, 0.2) is 5.58 Å². The minimum absolute atomic E-state index is 0.00844. The molecule has 0 spiro atoms. The van der Waals surface area contributed by atoms with E-state index >= 15 is 0 Å². The summed E-state index contributed by atoms with van der Waals surface area (Å²) in [7, 11) is 1.18. The van der Waals surface area contributed by atoms with Crippen molar-refractivity contribution in [3.05, 3.63) is 65.5 Å². The Kier molecular flexibility index (Phi) is 7.23. The molecular formula is C24H24N6O6. The molecule has 12 nitrogen and oxygen atoms in total. The van der Waals surface area contributed by atoms with Gasteiger partial charge in [-0.15, -0.1) is 0 Å². The summed E-state index contributed by atoms with van der Waals surface area (Å²) in [4.78, 5) is 46.7. The molecule has 0 saturated carbocycles. The Labute approximate surface area is 205 Å². The minimum atomic E-state index is -1.16. The lowest BCUT2D eigenvalue weighted by Gasteiger charge is -2.16. The number of aromatic nitrogens is 1. The molecule has 0 aliphatic carbocycles. The second kappa shape index (κ2) is 10.7. The highest BCUT2D eigenvalue weighted by atomic mass is 16.6. The third kappa shape index (κ3) is 5.66. The normalized spacial score (nSPS) is 15.5. The molecule has 1 aliphatic heterocycles. The second-order valence-corrected chi connectivity index (χ2v) is 8.00. The Hall–Kier alpha value is -4.74. The first kappa shape index (κ1) is 24.4. The smallest absolute Gasteiger partial charge is 0.330 e. The number of amides is 2. The van der Waals surface area contributed by atoms with E-state index in [9.17, 15) is 14.4 Å². The molecule has 2 aromatic carbocycles. The summed E-state index contributed by atoms with van der Waals surface area (Å²) in [5.74, 6) is -2.10. The van der Waals surface area contributed by atoms with Crippen LogP contribution in [-0.4, -0.2) is 60.1 Å². The average Bonchev–Trinajstić information content (AvgIpc) is 3.53. The predicted molar refractivity (Wildman–Crippen MR) is 128 cm³/mol. The van der Waals surface area contributed by atoms with E-state index in [2.05, 4.69) is 20.8 Å². The van der Waals surface area contributed by atoms with Crippen molar-refractivity contribution in [2.45, 2.75) is 25.0 Å². The molecule has 0 radical (unpaired) electrons. The van der Waals surface area contributed by atoms with Crippen molar-refractivity contribution in [2.24, 2.45) is 10.9 Å². The molecule has 186 valence electrons. The summed E-state index contributed by atoms with van der Waals surface area (Å²) in [6.07, 6.45) is -0.0915. The quantitative estimate of drug-likeness (QED) is 0.194. The number of nitrogens with two attached hydrogens (primary N) is 1. The number of benzene rings is 2. The van der Waals surface area contributed by atoms with E-state index in [0.717, 1.165) is 5.56 Å². The van der Waals surface area contributed by atoms with Crippen molar-refractivity contribution in [3.63, 3.8) is 0 Å². The fraction of sp³-hybridized carbons (Fsp3) is 0.250. The summed E-state index contributed by atoms with van der Waals surface area (Å²) in [6, 6.07) is 12.7. The largest absolute Gasteiger partial charge is 0.467 e. The Morgan fingerprint density at radius 2 is 1.94 bits per heavy atom. The van der Waals surface area contributed by atoms with Crippen molar-refractivity contribution in [1.82, 2.24) is 15.6 Å². The molecular weight excluding hydrogens is 468 g/mol. The van der Waals surface area contributed by atoms with Gasteiger partial charge >= 0.3 is 11.9 Å². The molecule has 12 heteroatoms. The lowest BCUT2D eigenvalue weighted by molar-refractivity contribution is -0.142. The number of nitrogen functional groups attached to an aromatic ring is 1. The third-order valence-corrected chi connectivity index (χ3v) is 5.46. The molecule has 2 amide bonds. The maximum absolute atomic E-state index is 12.6. The van der Waals surface area contributed by atoms with Gasteiger partial charge in [0.05, 0.1) is 19.2 Å². The highest BCUT2D eigenvalue weighted by molar-refractivity contribution is 6.03. The number of hydrogen-bond donors (Lipinski definition) is 4. The van der Waals surface area contributed by atoms with Gasteiger partial charge < -0.3 is 30.4 Å². The molecule has 0 fully saturated rings. The molecule has 1 unspecified atom stereocenters. The Morgan fingerprint density at radius 1 is 1.19 bits per heavy atom. The van der Waals surface area contributed by atoms with Crippen molar-refractivity contribution in [1.29, 1.82) is 5.41 Å². The molecule has 0 bridgehead atoms. The van der Waals surface area contributed by atoms with Gasteiger partial charge in [0.1, 0.15) is 23.5 Å². The number of amidine groups is 1. The van der Waals surface area contributed by atoms with Crippen LogP contribution >= 0.6 is 0 Å². The number of methoxy groups -OCH3 is 1. The summed E-state index contributed by atoms with van der Waals surface area (Å²) < 4.78 is 10.2. The van der Waals surface area contributed by atoms with Crippen LogP contribution in [0.4, 0.5) is 0 Å². The molecule has 5 N–H and O–H groups in total. The van der Waals surface area contributed by atoms with E-state index in [4.69, 9.17) is 25.1 Å². The molecule has 1 aliphatic rings. The van der Waals surface area contributed by atoms with Crippen LogP contribution < -0.4 is 16.4 Å². The fourth-order valence-corrected chi connectivity index (χ4v) is 3.57. The van der Waals surface area contributed by atoms with E-state index in [1.165, 1.54) is 7.11 Å². The first-order valence-corrected chi connectivity index (χ1v) is 11.0. The molecule has 0 saturated heterocycles. The number of nitrogens with zero attached hydrogens (tertiary/aromatic N) is 2. The van der Waals surface area contributed by atoms with Crippen molar-refractivity contribution in [3.8, 4) is 0 Å². The zero-order valence-corrected chi connectivity index (χ0v) is 19.3. The number of para-hydroxylation sites is 2. The molecule has 1 aromatic heterocycles. The number of rotatable bonds is 9. The average molecular weight is 492 g/mol. The van der Waals surface area contributed by atoms with Gasteiger partial charge in [0.2, 0.25) is 5.91 Å². The van der Waals surface area contributed by atoms with Gasteiger partial charge in [-0.25, -0.2) is 9.78 Å². The van der Waals surface area contributed by atoms with E-state index in [1.54, 1.807) is 48.5 Å². The van der Waals surface area contributed by atoms with Crippen molar-refractivity contribution in [2.75, 3.05) is 13.7 Å². The standard InChI is InChI=1S/C24H24N6O6/c1-34-24(33)18(28-22(32)23-29-16-4-2-3-5-19(16)35-23)12-27-20(31)11-15-10-17(30-36-15)13-6-8-14(9-7-13)21(25)26/h2-9,15,18H,10-12H2,1H3,(H3,25,26)(H,27,31)(H,28,32)/t15?,18-/m0/s1. The fourth-order valence-electron chi connectivity index (χ4n) is 3.57. The summed E-state index contributed by atoms with van der Waals surface area (Å²) in [6.45, 7) is -0.204. The third-order valence-electron chi connectivity index (χ3n) is 5.46. The predicted octanol–water partition coefficient (Wildman–Crippen LogP) is 1.08.